The molecule has 4 heteroatoms. The predicted molar refractivity (Wildman–Crippen MR) is 23.3 cm³/mol. The zero-order valence-electron chi connectivity index (χ0n) is 3.63. The van der Waals surface area contributed by atoms with E-state index in [-0.39, 0.29) is 4.70 Å². The maximum atomic E-state index is 9.63. The summed E-state index contributed by atoms with van der Waals surface area (Å²) in [6, 6.07) is 0. The summed E-state index contributed by atoms with van der Waals surface area (Å²) in [4.78, 5) is 0. The van der Waals surface area contributed by atoms with Gasteiger partial charge in [0.1, 0.15) is 9.84 Å². The number of sulfone groups is 1. The number of hydrogen-bond donors (Lipinski definition) is 0. The van der Waals surface area contributed by atoms with E-state index in [1.54, 1.807) is 0 Å². The van der Waals surface area contributed by atoms with Crippen molar-refractivity contribution in [3.8, 4) is 0 Å². The van der Waals surface area contributed by atoms with E-state index in [0.29, 0.717) is 0 Å². The molecule has 0 spiro atoms. The second-order valence-electron chi connectivity index (χ2n) is 1.14. The summed E-state index contributed by atoms with van der Waals surface area (Å²) < 4.78 is 19.3. The predicted octanol–water partition coefficient (Wildman–Crippen LogP) is -0.187. The van der Waals surface area contributed by atoms with Crippen LogP contribution in [0.1, 0.15) is 0 Å². The van der Waals surface area contributed by atoms with Crippen LogP contribution in [0, 0.1) is 0 Å². The Labute approximate surface area is 36.5 Å². The Morgan fingerprint density at radius 3 is 1.17 bits per heavy atom. The van der Waals surface area contributed by atoms with Gasteiger partial charge >= 0.3 is 0 Å². The molecule has 0 bridgehead atoms. The molecule has 2 nitrogen and oxygen atoms in total. The number of hydrogen-bond acceptors (Lipinski definition) is 2. The highest BCUT2D eigenvalue weighted by Gasteiger charge is 1.79. The minimum Gasteiger partial charge on any atom is -0.269 e. The lowest BCUT2D eigenvalue weighted by Crippen LogP contribution is -1.86. The normalized spacial score (nSPS) is 9.67. The van der Waals surface area contributed by atoms with Gasteiger partial charge in [-0.25, -0.2) is 8.42 Å². The second-order valence-corrected chi connectivity index (χ2v) is 3.43. The van der Waals surface area contributed by atoms with Crippen LogP contribution in [0.3, 0.4) is 0 Å². The van der Waals surface area contributed by atoms with Crippen molar-refractivity contribution < 1.29 is 13.1 Å². The molecule has 0 aromatic heterocycles. The SMILES string of the molecule is CS(C)(=O)=O.F. The quantitative estimate of drug-likeness (QED) is 0.437. The van der Waals surface area contributed by atoms with Crippen molar-refractivity contribution in [1.82, 2.24) is 0 Å². The van der Waals surface area contributed by atoms with Gasteiger partial charge in [0.05, 0.1) is 0 Å². The van der Waals surface area contributed by atoms with Gasteiger partial charge < -0.3 is 0 Å². The smallest absolute Gasteiger partial charge is 0.144 e. The Bertz CT molecular complexity index is 94.7. The van der Waals surface area contributed by atoms with E-state index in [2.05, 4.69) is 0 Å². The number of halogens is 1. The van der Waals surface area contributed by atoms with Gasteiger partial charge in [-0.3, -0.25) is 4.70 Å². The summed E-state index contributed by atoms with van der Waals surface area (Å²) in [5.41, 5.74) is 0. The first kappa shape index (κ1) is 9.30. The molecule has 0 saturated heterocycles. The summed E-state index contributed by atoms with van der Waals surface area (Å²) in [6.07, 6.45) is 2.32. The Balaban J connectivity index is 0. The fourth-order valence-electron chi connectivity index (χ4n) is 0. The van der Waals surface area contributed by atoms with Gasteiger partial charge in [0.15, 0.2) is 0 Å². The largest absolute Gasteiger partial charge is 0.269 e. The maximum Gasteiger partial charge on any atom is 0.144 e. The van der Waals surface area contributed by atoms with Gasteiger partial charge in [-0.05, 0) is 0 Å². The van der Waals surface area contributed by atoms with Crippen LogP contribution >= 0.6 is 0 Å². The monoisotopic (exact) mass is 114 g/mol. The van der Waals surface area contributed by atoms with E-state index in [4.69, 9.17) is 0 Å². The van der Waals surface area contributed by atoms with E-state index < -0.39 is 9.84 Å². The van der Waals surface area contributed by atoms with Crippen LogP contribution in [-0.2, 0) is 9.84 Å². The molecule has 0 unspecified atom stereocenters. The first-order valence-electron chi connectivity index (χ1n) is 1.15. The molecule has 0 aromatic carbocycles. The third kappa shape index (κ3) is 2230. The summed E-state index contributed by atoms with van der Waals surface area (Å²) >= 11 is 0. The Kier molecular flexibility index (Phi) is 3.29. The van der Waals surface area contributed by atoms with Gasteiger partial charge in [-0.15, -0.1) is 0 Å². The highest BCUT2D eigenvalue weighted by molar-refractivity contribution is 7.89. The van der Waals surface area contributed by atoms with E-state index in [1.807, 2.05) is 0 Å². The van der Waals surface area contributed by atoms with Crippen molar-refractivity contribution in [2.24, 2.45) is 0 Å². The van der Waals surface area contributed by atoms with E-state index >= 15 is 0 Å². The summed E-state index contributed by atoms with van der Waals surface area (Å²) in [5, 5.41) is 0. The van der Waals surface area contributed by atoms with Crippen LogP contribution in [0.15, 0.2) is 0 Å². The lowest BCUT2D eigenvalue weighted by molar-refractivity contribution is 0.607. The first-order valence-corrected chi connectivity index (χ1v) is 3.45. The Hall–Kier alpha value is -0.120. The molecule has 0 heterocycles. The fraction of sp³-hybridized carbons (Fsp3) is 1.00. The van der Waals surface area contributed by atoms with E-state index in [9.17, 15) is 8.42 Å². The Morgan fingerprint density at radius 2 is 1.17 bits per heavy atom. The standard InChI is InChI=1S/C2H6O2S.FH/c1-5(2,3)4;/h1-2H3;1H. The molecule has 6 heavy (non-hydrogen) atoms. The number of rotatable bonds is 0. The molecular weight excluding hydrogens is 107 g/mol. The lowest BCUT2D eigenvalue weighted by Gasteiger charge is -1.69. The molecule has 0 aliphatic carbocycles. The molecule has 0 fully saturated rings. The topological polar surface area (TPSA) is 34.1 Å². The van der Waals surface area contributed by atoms with Crippen LogP contribution in [0.25, 0.3) is 0 Å². The van der Waals surface area contributed by atoms with Crippen molar-refractivity contribution in [2.75, 3.05) is 12.5 Å². The third-order valence-corrected chi connectivity index (χ3v) is 0. The van der Waals surface area contributed by atoms with Crippen LogP contribution in [0.5, 0.6) is 0 Å². The maximum absolute atomic E-state index is 9.63. The average molecular weight is 114 g/mol. The van der Waals surface area contributed by atoms with E-state index in [1.165, 1.54) is 0 Å². The van der Waals surface area contributed by atoms with Crippen LogP contribution < -0.4 is 0 Å². The van der Waals surface area contributed by atoms with Gasteiger partial charge in [-0.2, -0.15) is 0 Å². The molecule has 0 radical (unpaired) electrons. The molecule has 0 aliphatic rings. The van der Waals surface area contributed by atoms with E-state index in [0.717, 1.165) is 12.5 Å². The molecular formula is C2H7FO2S. The Morgan fingerprint density at radius 1 is 1.17 bits per heavy atom. The van der Waals surface area contributed by atoms with Crippen LogP contribution in [-0.4, -0.2) is 20.9 Å². The molecule has 0 saturated carbocycles. The minimum absolute atomic E-state index is 0. The highest BCUT2D eigenvalue weighted by Crippen LogP contribution is 1.61. The van der Waals surface area contributed by atoms with Crippen LogP contribution in [0.4, 0.5) is 4.70 Å². The zero-order chi connectivity index (χ0) is 4.50. The molecule has 40 valence electrons. The summed E-state index contributed by atoms with van der Waals surface area (Å²) in [6.45, 7) is 0. The van der Waals surface area contributed by atoms with Crippen molar-refractivity contribution >= 4 is 9.84 Å². The van der Waals surface area contributed by atoms with Crippen molar-refractivity contribution in [3.05, 3.63) is 0 Å². The second kappa shape index (κ2) is 2.12. The van der Waals surface area contributed by atoms with Crippen molar-refractivity contribution in [1.29, 1.82) is 0 Å². The third-order valence-electron chi connectivity index (χ3n) is 0. The summed E-state index contributed by atoms with van der Waals surface area (Å²) in [7, 11) is -2.67. The lowest BCUT2D eigenvalue weighted by atomic mass is 11.9. The fourth-order valence-corrected chi connectivity index (χ4v) is 0. The van der Waals surface area contributed by atoms with Gasteiger partial charge in [-0.1, -0.05) is 0 Å². The molecule has 0 rings (SSSR count). The minimum atomic E-state index is -2.67. The first-order chi connectivity index (χ1) is 2.00. The zero-order valence-corrected chi connectivity index (χ0v) is 4.45. The van der Waals surface area contributed by atoms with Gasteiger partial charge in [0.25, 0.3) is 0 Å². The van der Waals surface area contributed by atoms with Crippen LogP contribution in [0.2, 0.25) is 0 Å². The average Bonchev–Trinajstić information content (AvgIpc) is 0.722. The van der Waals surface area contributed by atoms with Gasteiger partial charge in [0.2, 0.25) is 0 Å². The molecule has 0 aromatic rings. The highest BCUT2D eigenvalue weighted by atomic mass is 32.2. The van der Waals surface area contributed by atoms with Gasteiger partial charge in [0, 0.05) is 12.5 Å². The molecule has 0 atom stereocenters. The molecule has 0 N–H and O–H groups in total. The molecule has 0 aliphatic heterocycles. The van der Waals surface area contributed by atoms with Crippen molar-refractivity contribution in [3.63, 3.8) is 0 Å². The molecule has 0 amide bonds. The van der Waals surface area contributed by atoms with Crippen molar-refractivity contribution in [2.45, 2.75) is 0 Å². The summed E-state index contributed by atoms with van der Waals surface area (Å²) in [5.74, 6) is 0.